The minimum absolute atomic E-state index is 0.0287. The number of alkyl halides is 2. The number of hydrogen-bond acceptors (Lipinski definition) is 3. The van der Waals surface area contributed by atoms with Crippen LogP contribution in [0.25, 0.3) is 0 Å². The molecule has 3 saturated carbocycles. The van der Waals surface area contributed by atoms with E-state index in [9.17, 15) is 20.0 Å². The van der Waals surface area contributed by atoms with E-state index in [1.165, 1.54) is 0 Å². The Kier molecular flexibility index (Phi) is 6.15. The van der Waals surface area contributed by atoms with E-state index >= 15 is 0 Å². The predicted molar refractivity (Wildman–Crippen MR) is 132 cm³/mol. The Morgan fingerprint density at radius 2 is 1.72 bits per heavy atom. The second kappa shape index (κ2) is 7.44. The van der Waals surface area contributed by atoms with E-state index in [4.69, 9.17) is 0 Å². The monoisotopic (exact) mass is 631 g/mol. The lowest BCUT2D eigenvalue weighted by Gasteiger charge is -2.67. The third-order valence-electron chi connectivity index (χ3n) is 9.80. The first kappa shape index (κ1) is 24.0. The van der Waals surface area contributed by atoms with Gasteiger partial charge >= 0.3 is 5.97 Å². The average Bonchev–Trinajstić information content (AvgIpc) is 2.89. The SMILES string of the molecule is CC(CCC(=O)O)C1(I)CCC2C1(C)CCC1(I)C(C)(C)C([N+](=O)[O-])CCC21C. The molecule has 29 heavy (non-hydrogen) atoms. The molecule has 1 N–H and O–H groups in total. The largest absolute Gasteiger partial charge is 0.481 e. The third-order valence-corrected chi connectivity index (χ3v) is 15.8. The van der Waals surface area contributed by atoms with Crippen LogP contribution in [0.15, 0.2) is 0 Å². The first-order valence-corrected chi connectivity index (χ1v) is 13.1. The number of rotatable bonds is 5. The molecule has 0 aromatic carbocycles. The summed E-state index contributed by atoms with van der Waals surface area (Å²) in [6, 6.07) is -0.475. The first-order valence-electron chi connectivity index (χ1n) is 10.9. The Morgan fingerprint density at radius 3 is 2.28 bits per heavy atom. The van der Waals surface area contributed by atoms with Crippen LogP contribution in [0.2, 0.25) is 0 Å². The van der Waals surface area contributed by atoms with Gasteiger partial charge in [-0.15, -0.1) is 0 Å². The van der Waals surface area contributed by atoms with Crippen molar-refractivity contribution in [3.8, 4) is 0 Å². The summed E-state index contributed by atoms with van der Waals surface area (Å²) in [7, 11) is 0. The second-order valence-corrected chi connectivity index (χ2v) is 14.8. The van der Waals surface area contributed by atoms with Crippen molar-refractivity contribution >= 4 is 51.2 Å². The van der Waals surface area contributed by atoms with Gasteiger partial charge in [-0.2, -0.15) is 0 Å². The Morgan fingerprint density at radius 1 is 1.10 bits per heavy atom. The summed E-state index contributed by atoms with van der Waals surface area (Å²) in [5.74, 6) is 0.165. The van der Waals surface area contributed by atoms with E-state index in [0.717, 1.165) is 38.5 Å². The summed E-state index contributed by atoms with van der Waals surface area (Å²) in [5.41, 5.74) is -0.140. The lowest BCUT2D eigenvalue weighted by atomic mass is 9.42. The average molecular weight is 631 g/mol. The topological polar surface area (TPSA) is 80.4 Å². The van der Waals surface area contributed by atoms with E-state index in [2.05, 4.69) is 79.8 Å². The molecule has 3 aliphatic carbocycles. The molecule has 0 saturated heterocycles. The van der Waals surface area contributed by atoms with Crippen LogP contribution in [0.3, 0.4) is 0 Å². The minimum atomic E-state index is -0.710. The molecule has 7 unspecified atom stereocenters. The summed E-state index contributed by atoms with van der Waals surface area (Å²) in [6.45, 7) is 11.4. The van der Waals surface area contributed by atoms with Crippen molar-refractivity contribution in [1.29, 1.82) is 0 Å². The summed E-state index contributed by atoms with van der Waals surface area (Å²) in [5, 5.41) is 21.0. The molecular weight excluding hydrogens is 596 g/mol. The molecule has 3 aliphatic rings. The Labute approximate surface area is 202 Å². The number of hydrogen-bond donors (Lipinski definition) is 1. The molecular formula is C22H35I2NO4. The Balaban J connectivity index is 1.98. The molecule has 3 fully saturated rings. The molecule has 0 aromatic heterocycles. The molecule has 0 bridgehead atoms. The molecule has 0 amide bonds. The van der Waals surface area contributed by atoms with Crippen molar-refractivity contribution in [2.45, 2.75) is 98.9 Å². The maximum atomic E-state index is 11.9. The minimum Gasteiger partial charge on any atom is -0.481 e. The van der Waals surface area contributed by atoms with Crippen molar-refractivity contribution in [1.82, 2.24) is 0 Å². The van der Waals surface area contributed by atoms with Gasteiger partial charge in [-0.1, -0.05) is 79.8 Å². The number of carboxylic acid groups (broad SMARTS) is 1. The van der Waals surface area contributed by atoms with Gasteiger partial charge in [0.15, 0.2) is 0 Å². The van der Waals surface area contributed by atoms with Gasteiger partial charge in [0.05, 0.1) is 0 Å². The van der Waals surface area contributed by atoms with Crippen LogP contribution >= 0.6 is 45.2 Å². The maximum absolute atomic E-state index is 11.9. The van der Waals surface area contributed by atoms with Gasteiger partial charge in [0.25, 0.3) is 0 Å². The van der Waals surface area contributed by atoms with Gasteiger partial charge in [-0.05, 0) is 61.2 Å². The summed E-state index contributed by atoms with van der Waals surface area (Å²) in [6.07, 6.45) is 6.89. The fourth-order valence-corrected chi connectivity index (χ4v) is 10.4. The van der Waals surface area contributed by atoms with Crippen LogP contribution < -0.4 is 0 Å². The van der Waals surface area contributed by atoms with Crippen LogP contribution in [0.1, 0.15) is 86.0 Å². The number of nitro groups is 1. The zero-order valence-electron chi connectivity index (χ0n) is 18.3. The van der Waals surface area contributed by atoms with Crippen molar-refractivity contribution in [3.63, 3.8) is 0 Å². The van der Waals surface area contributed by atoms with Gasteiger partial charge in [0.2, 0.25) is 6.04 Å². The zero-order chi connectivity index (χ0) is 22.0. The van der Waals surface area contributed by atoms with Crippen LogP contribution in [0.5, 0.6) is 0 Å². The van der Waals surface area contributed by atoms with Crippen LogP contribution in [0, 0.1) is 38.2 Å². The van der Waals surface area contributed by atoms with E-state index in [1.54, 1.807) is 0 Å². The molecule has 3 rings (SSSR count). The van der Waals surface area contributed by atoms with Gasteiger partial charge in [0.1, 0.15) is 0 Å². The van der Waals surface area contributed by atoms with E-state index in [0.29, 0.717) is 18.3 Å². The second-order valence-electron chi connectivity index (χ2n) is 11.0. The summed E-state index contributed by atoms with van der Waals surface area (Å²) >= 11 is 5.31. The van der Waals surface area contributed by atoms with Gasteiger partial charge in [-0.25, -0.2) is 0 Å². The molecule has 0 aromatic rings. The van der Waals surface area contributed by atoms with Gasteiger partial charge in [-0.3, -0.25) is 14.9 Å². The van der Waals surface area contributed by atoms with Crippen LogP contribution in [-0.4, -0.2) is 28.9 Å². The Hall–Kier alpha value is 0.330. The molecule has 5 nitrogen and oxygen atoms in total. The zero-order valence-corrected chi connectivity index (χ0v) is 22.6. The molecule has 7 atom stereocenters. The number of nitrogens with zero attached hydrogens (tertiary/aromatic N) is 1. The highest BCUT2D eigenvalue weighted by atomic mass is 127. The summed E-state index contributed by atoms with van der Waals surface area (Å²) in [4.78, 5) is 23.0. The van der Waals surface area contributed by atoms with Crippen LogP contribution in [-0.2, 0) is 4.79 Å². The highest BCUT2D eigenvalue weighted by molar-refractivity contribution is 14.1. The smallest absolute Gasteiger partial charge is 0.303 e. The quantitative estimate of drug-likeness (QED) is 0.162. The van der Waals surface area contributed by atoms with E-state index < -0.39 is 12.0 Å². The van der Waals surface area contributed by atoms with Gasteiger partial charge in [0, 0.05) is 30.0 Å². The fraction of sp³-hybridized carbons (Fsp3) is 0.955. The van der Waals surface area contributed by atoms with E-state index in [1.807, 2.05) is 0 Å². The molecule has 0 aliphatic heterocycles. The third kappa shape index (κ3) is 3.12. The molecule has 0 spiro atoms. The Bertz CT molecular complexity index is 715. The standard InChI is InChI=1S/C22H35I2NO4/c1-14(6-7-17(26)27)21(23)11-8-15-19(21,4)12-13-22(24)18(2,3)16(25(28)29)9-10-20(15,22)5/h14-16H,6-13H2,1-5H3,(H,26,27). The molecule has 166 valence electrons. The molecule has 7 heteroatoms. The predicted octanol–water partition coefficient (Wildman–Crippen LogP) is 6.52. The molecule has 0 radical (unpaired) electrons. The van der Waals surface area contributed by atoms with Crippen molar-refractivity contribution in [2.75, 3.05) is 0 Å². The van der Waals surface area contributed by atoms with Crippen molar-refractivity contribution in [2.24, 2.45) is 28.1 Å². The molecule has 0 heterocycles. The number of halogens is 2. The number of carboxylic acids is 1. The first-order chi connectivity index (χ1) is 13.2. The lowest BCUT2D eigenvalue weighted by molar-refractivity contribution is -0.549. The summed E-state index contributed by atoms with van der Waals surface area (Å²) < 4.78 is 0.0000670. The highest BCUT2D eigenvalue weighted by Crippen LogP contribution is 2.77. The fourth-order valence-electron chi connectivity index (χ4n) is 7.88. The lowest BCUT2D eigenvalue weighted by Crippen LogP contribution is -2.69. The number of aliphatic carboxylic acids is 1. The van der Waals surface area contributed by atoms with Crippen molar-refractivity contribution in [3.05, 3.63) is 10.1 Å². The van der Waals surface area contributed by atoms with Crippen LogP contribution in [0.4, 0.5) is 0 Å². The van der Waals surface area contributed by atoms with Crippen molar-refractivity contribution < 1.29 is 14.8 Å². The van der Waals surface area contributed by atoms with E-state index in [-0.39, 0.29) is 34.4 Å². The van der Waals surface area contributed by atoms with Gasteiger partial charge < -0.3 is 5.11 Å². The number of fused-ring (bicyclic) bond motifs is 3. The normalized spacial score (nSPS) is 47.1. The maximum Gasteiger partial charge on any atom is 0.303 e. The number of carbonyl (C=O) groups is 1. The highest BCUT2D eigenvalue weighted by Gasteiger charge is 2.74.